The number of carbonyl (C=O) groups excluding carboxylic acids is 2. The van der Waals surface area contributed by atoms with Crippen LogP contribution in [0.2, 0.25) is 0 Å². The van der Waals surface area contributed by atoms with E-state index < -0.39 is 0 Å². The first-order chi connectivity index (χ1) is 21.4. The highest BCUT2D eigenvalue weighted by Crippen LogP contribution is 2.36. The van der Waals surface area contributed by atoms with E-state index in [1.165, 1.54) is 6.08 Å². The largest absolute Gasteiger partial charge is 0.462 e. The van der Waals surface area contributed by atoms with Crippen molar-refractivity contribution >= 4 is 34.1 Å². The number of nitrogens with zero attached hydrogens (tertiary/aromatic N) is 7. The molecule has 44 heavy (non-hydrogen) atoms. The summed E-state index contributed by atoms with van der Waals surface area (Å²) in [6.07, 6.45) is 4.51. The van der Waals surface area contributed by atoms with E-state index in [-0.39, 0.29) is 24.3 Å². The number of fused-ring (bicyclic) bond motifs is 2. The third kappa shape index (κ3) is 5.72. The molecule has 10 nitrogen and oxygen atoms in total. The van der Waals surface area contributed by atoms with Crippen molar-refractivity contribution in [2.24, 2.45) is 0 Å². The molecule has 10 heteroatoms. The third-order valence-corrected chi connectivity index (χ3v) is 9.27. The minimum Gasteiger partial charge on any atom is -0.462 e. The summed E-state index contributed by atoms with van der Waals surface area (Å²) in [4.78, 5) is 44.2. The predicted molar refractivity (Wildman–Crippen MR) is 170 cm³/mol. The average molecular weight is 594 g/mol. The highest BCUT2D eigenvalue weighted by Gasteiger charge is 2.34. The number of rotatable bonds is 7. The van der Waals surface area contributed by atoms with Gasteiger partial charge in [-0.25, -0.2) is 0 Å². The zero-order valence-electron chi connectivity index (χ0n) is 25.5. The lowest BCUT2D eigenvalue weighted by Crippen LogP contribution is -2.55. The van der Waals surface area contributed by atoms with E-state index in [1.54, 1.807) is 4.90 Å². The molecular weight excluding hydrogens is 554 g/mol. The molecular formula is C34H39N7O3. The molecule has 2 amide bonds. The van der Waals surface area contributed by atoms with Crippen molar-refractivity contribution in [1.29, 1.82) is 5.26 Å². The molecule has 2 atom stereocenters. The first-order valence-electron chi connectivity index (χ1n) is 15.4. The molecule has 2 aromatic carbocycles. The average Bonchev–Trinajstić information content (AvgIpc) is 3.37. The zero-order chi connectivity index (χ0) is 30.8. The maximum absolute atomic E-state index is 13.8. The van der Waals surface area contributed by atoms with E-state index in [0.717, 1.165) is 58.5 Å². The minimum atomic E-state index is -0.302. The number of aromatic nitrogens is 2. The Balaban J connectivity index is 1.39. The second-order valence-corrected chi connectivity index (χ2v) is 12.0. The van der Waals surface area contributed by atoms with E-state index in [1.807, 2.05) is 23.1 Å². The maximum Gasteiger partial charge on any atom is 0.318 e. The highest BCUT2D eigenvalue weighted by atomic mass is 16.5. The fraction of sp³-hybridized carbons (Fsp3) is 0.441. The standard InChI is InChI=1S/C34H39N7O3/c1-4-30(42)40-19-18-39(20-25(40)15-16-35)33-27-13-14-31(43)41(29-12-6-10-24-9-5-8-23(2)32(24)29)21-28(27)36-34(37-33)44-22-26-11-7-17-38(26)3/h4-6,8-10,12,25-26H,1,7,11,13-15,17-22H2,2-3H3/t25-,26+/m0/s1. The van der Waals surface area contributed by atoms with E-state index in [2.05, 4.69) is 54.6 Å². The molecule has 0 aliphatic carbocycles. The molecule has 6 rings (SSSR count). The normalized spacial score (nSPS) is 20.8. The van der Waals surface area contributed by atoms with Crippen LogP contribution in [0.5, 0.6) is 6.01 Å². The molecule has 0 radical (unpaired) electrons. The van der Waals surface area contributed by atoms with Gasteiger partial charge in [0.05, 0.1) is 36.5 Å². The molecule has 1 aromatic heterocycles. The quantitative estimate of drug-likeness (QED) is 0.379. The number of piperazine rings is 1. The number of amides is 2. The second kappa shape index (κ2) is 12.6. The number of likely N-dealkylation sites (N-methyl/N-ethyl adjacent to an activating group) is 1. The number of hydrogen-bond acceptors (Lipinski definition) is 8. The van der Waals surface area contributed by atoms with E-state index in [0.29, 0.717) is 57.7 Å². The fourth-order valence-electron chi connectivity index (χ4n) is 6.86. The lowest BCUT2D eigenvalue weighted by Gasteiger charge is -2.41. The van der Waals surface area contributed by atoms with Crippen LogP contribution in [-0.4, -0.2) is 83.5 Å². The number of aryl methyl sites for hydroxylation is 1. The van der Waals surface area contributed by atoms with Gasteiger partial charge in [-0.1, -0.05) is 36.9 Å². The van der Waals surface area contributed by atoms with Crippen molar-refractivity contribution in [2.45, 2.75) is 57.7 Å². The first kappa shape index (κ1) is 29.6. The van der Waals surface area contributed by atoms with Crippen molar-refractivity contribution in [3.8, 4) is 12.1 Å². The van der Waals surface area contributed by atoms with Crippen LogP contribution in [-0.2, 0) is 22.6 Å². The Bertz CT molecular complexity index is 1630. The Labute approximate surface area is 258 Å². The summed E-state index contributed by atoms with van der Waals surface area (Å²) in [6, 6.07) is 14.8. The topological polar surface area (TPSA) is 106 Å². The SMILES string of the molecule is C=CC(=O)N1CCN(c2nc(OC[C@H]3CCCN3C)nc3c2CCC(=O)N(c2cccc4cccc(C)c24)C3)C[C@@H]1CC#N. The lowest BCUT2D eigenvalue weighted by atomic mass is 10.0. The van der Waals surface area contributed by atoms with Gasteiger partial charge in [0, 0.05) is 43.0 Å². The molecule has 3 aliphatic rings. The molecule has 0 bridgehead atoms. The number of ether oxygens (including phenoxy) is 1. The summed E-state index contributed by atoms with van der Waals surface area (Å²) in [5, 5.41) is 11.7. The maximum atomic E-state index is 13.8. The molecule has 3 aliphatic heterocycles. The fourth-order valence-corrected chi connectivity index (χ4v) is 6.86. The molecule has 4 heterocycles. The van der Waals surface area contributed by atoms with Gasteiger partial charge in [-0.3, -0.25) is 9.59 Å². The molecule has 0 unspecified atom stereocenters. The van der Waals surface area contributed by atoms with Crippen LogP contribution >= 0.6 is 0 Å². The van der Waals surface area contributed by atoms with Crippen molar-refractivity contribution in [1.82, 2.24) is 19.8 Å². The van der Waals surface area contributed by atoms with E-state index in [4.69, 9.17) is 14.7 Å². The Kier molecular flexibility index (Phi) is 8.49. The Morgan fingerprint density at radius 1 is 1.14 bits per heavy atom. The van der Waals surface area contributed by atoms with Crippen LogP contribution in [0, 0.1) is 18.3 Å². The molecule has 2 saturated heterocycles. The Morgan fingerprint density at radius 3 is 2.70 bits per heavy atom. The van der Waals surface area contributed by atoms with Gasteiger partial charge in [0.1, 0.15) is 12.4 Å². The van der Waals surface area contributed by atoms with Crippen molar-refractivity contribution < 1.29 is 14.3 Å². The molecule has 0 saturated carbocycles. The number of anilines is 2. The number of benzene rings is 2. The van der Waals surface area contributed by atoms with Crippen molar-refractivity contribution in [3.05, 3.63) is 65.9 Å². The van der Waals surface area contributed by atoms with Crippen LogP contribution in [0.4, 0.5) is 11.5 Å². The molecule has 2 fully saturated rings. The number of likely N-dealkylation sites (tertiary alicyclic amines) is 1. The van der Waals surface area contributed by atoms with Gasteiger partial charge in [-0.2, -0.15) is 15.2 Å². The van der Waals surface area contributed by atoms with E-state index in [9.17, 15) is 14.9 Å². The monoisotopic (exact) mass is 593 g/mol. The summed E-state index contributed by atoms with van der Waals surface area (Å²) in [5.74, 6) is 0.577. The summed E-state index contributed by atoms with van der Waals surface area (Å²) < 4.78 is 6.28. The first-order valence-corrected chi connectivity index (χ1v) is 15.4. The Morgan fingerprint density at radius 2 is 1.95 bits per heavy atom. The van der Waals surface area contributed by atoms with Gasteiger partial charge < -0.3 is 24.3 Å². The smallest absolute Gasteiger partial charge is 0.318 e. The number of carbonyl (C=O) groups is 2. The molecule has 3 aromatic rings. The lowest BCUT2D eigenvalue weighted by molar-refractivity contribution is -0.128. The second-order valence-electron chi connectivity index (χ2n) is 12.0. The van der Waals surface area contributed by atoms with Crippen molar-refractivity contribution in [3.63, 3.8) is 0 Å². The van der Waals surface area contributed by atoms with Crippen LogP contribution < -0.4 is 14.5 Å². The van der Waals surface area contributed by atoms with E-state index >= 15 is 0 Å². The Hall–Kier alpha value is -4.49. The van der Waals surface area contributed by atoms with Crippen LogP contribution in [0.25, 0.3) is 10.8 Å². The summed E-state index contributed by atoms with van der Waals surface area (Å²) in [6.45, 7) is 8.97. The van der Waals surface area contributed by atoms with Gasteiger partial charge in [0.2, 0.25) is 11.8 Å². The zero-order valence-corrected chi connectivity index (χ0v) is 25.5. The molecule has 0 spiro atoms. The molecule has 0 N–H and O–H groups in total. The van der Waals surface area contributed by atoms with Gasteiger partial charge in [0.15, 0.2) is 0 Å². The summed E-state index contributed by atoms with van der Waals surface area (Å²) in [5.41, 5.74) is 3.67. The molecule has 228 valence electrons. The van der Waals surface area contributed by atoms with Gasteiger partial charge in [0.25, 0.3) is 0 Å². The third-order valence-electron chi connectivity index (χ3n) is 9.27. The predicted octanol–water partition coefficient (Wildman–Crippen LogP) is 4.01. The number of nitriles is 1. The minimum absolute atomic E-state index is 0.0310. The van der Waals surface area contributed by atoms with Crippen LogP contribution in [0.1, 0.15) is 42.5 Å². The van der Waals surface area contributed by atoms with Crippen LogP contribution in [0.15, 0.2) is 49.1 Å². The van der Waals surface area contributed by atoms with Crippen molar-refractivity contribution in [2.75, 3.05) is 49.6 Å². The highest BCUT2D eigenvalue weighted by molar-refractivity contribution is 6.05. The van der Waals surface area contributed by atoms with Gasteiger partial charge in [-0.15, -0.1) is 0 Å². The number of hydrogen-bond donors (Lipinski definition) is 0. The van der Waals surface area contributed by atoms with Gasteiger partial charge >= 0.3 is 6.01 Å². The summed E-state index contributed by atoms with van der Waals surface area (Å²) >= 11 is 0. The van der Waals surface area contributed by atoms with Gasteiger partial charge in [-0.05, 0) is 62.9 Å². The van der Waals surface area contributed by atoms with Crippen LogP contribution in [0.3, 0.4) is 0 Å². The summed E-state index contributed by atoms with van der Waals surface area (Å²) in [7, 11) is 2.11.